The number of amidine groups is 1. The van der Waals surface area contributed by atoms with Crippen LogP contribution in [0.5, 0.6) is 0 Å². The maximum absolute atomic E-state index is 12.1. The number of rotatable bonds is 2. The van der Waals surface area contributed by atoms with Crippen LogP contribution in [0.3, 0.4) is 0 Å². The fourth-order valence-electron chi connectivity index (χ4n) is 1.89. The van der Waals surface area contributed by atoms with Crippen molar-refractivity contribution in [2.24, 2.45) is 4.40 Å². The smallest absolute Gasteiger partial charge is 0.286 e. The summed E-state index contributed by atoms with van der Waals surface area (Å²) in [6.07, 6.45) is 0. The van der Waals surface area contributed by atoms with Gasteiger partial charge in [-0.05, 0) is 29.8 Å². The number of nitrogens with zero attached hydrogens (tertiary/aromatic N) is 1. The molecule has 0 aliphatic carbocycles. The van der Waals surface area contributed by atoms with E-state index in [0.717, 1.165) is 10.0 Å². The third-order valence-electron chi connectivity index (χ3n) is 2.90. The van der Waals surface area contributed by atoms with Gasteiger partial charge in [0, 0.05) is 10.2 Å². The predicted octanol–water partition coefficient (Wildman–Crippen LogP) is 3.85. The summed E-state index contributed by atoms with van der Waals surface area (Å²) < 4.78 is 29.0. The number of halogens is 1. The van der Waals surface area contributed by atoms with E-state index in [9.17, 15) is 8.42 Å². The molecule has 3 rings (SSSR count). The molecule has 21 heavy (non-hydrogen) atoms. The number of benzene rings is 2. The summed E-state index contributed by atoms with van der Waals surface area (Å²) in [7, 11) is -3.61. The summed E-state index contributed by atoms with van der Waals surface area (Å²) in [5, 5.41) is 3.46. The van der Waals surface area contributed by atoms with E-state index in [2.05, 4.69) is 25.6 Å². The molecule has 2 aromatic rings. The van der Waals surface area contributed by atoms with Gasteiger partial charge in [-0.1, -0.05) is 52.0 Å². The van der Waals surface area contributed by atoms with Crippen LogP contribution in [0.25, 0.3) is 0 Å². The Morgan fingerprint density at radius 3 is 2.57 bits per heavy atom. The van der Waals surface area contributed by atoms with E-state index in [1.54, 1.807) is 24.3 Å². The van der Waals surface area contributed by atoms with Gasteiger partial charge in [0.25, 0.3) is 10.0 Å². The molecular weight excluding hydrogens is 372 g/mol. The van der Waals surface area contributed by atoms with Crippen LogP contribution in [0.1, 0.15) is 5.56 Å². The lowest BCUT2D eigenvalue weighted by molar-refractivity contribution is 0.598. The van der Waals surface area contributed by atoms with Crippen LogP contribution in [-0.2, 0) is 15.8 Å². The van der Waals surface area contributed by atoms with Crippen LogP contribution in [0, 0.1) is 0 Å². The molecule has 0 bridgehead atoms. The normalized spacial score (nSPS) is 15.8. The zero-order valence-electron chi connectivity index (χ0n) is 10.8. The maximum Gasteiger partial charge on any atom is 0.286 e. The molecule has 0 saturated heterocycles. The van der Waals surface area contributed by atoms with Gasteiger partial charge in [0.1, 0.15) is 4.90 Å². The number of thioether (sulfide) groups is 1. The highest BCUT2D eigenvalue weighted by Gasteiger charge is 2.24. The van der Waals surface area contributed by atoms with Gasteiger partial charge < -0.3 is 5.32 Å². The second-order valence-electron chi connectivity index (χ2n) is 4.41. The first-order chi connectivity index (χ1) is 10.0. The van der Waals surface area contributed by atoms with Crippen molar-refractivity contribution in [2.75, 3.05) is 5.32 Å². The average Bonchev–Trinajstić information content (AvgIpc) is 2.46. The van der Waals surface area contributed by atoms with Crippen LogP contribution in [0.4, 0.5) is 5.69 Å². The van der Waals surface area contributed by atoms with E-state index >= 15 is 0 Å². The van der Waals surface area contributed by atoms with E-state index in [0.29, 0.717) is 16.6 Å². The molecule has 0 radical (unpaired) electrons. The molecule has 7 heteroatoms. The molecule has 1 heterocycles. The quantitative estimate of drug-likeness (QED) is 0.856. The molecule has 2 aromatic carbocycles. The molecule has 0 unspecified atom stereocenters. The largest absolute Gasteiger partial charge is 0.333 e. The molecule has 0 fully saturated rings. The summed E-state index contributed by atoms with van der Waals surface area (Å²) in [5.74, 6) is 0.650. The summed E-state index contributed by atoms with van der Waals surface area (Å²) in [4.78, 5) is 0.220. The maximum atomic E-state index is 12.1. The Bertz CT molecular complexity index is 802. The molecule has 1 aliphatic heterocycles. The highest BCUT2D eigenvalue weighted by atomic mass is 79.9. The molecule has 1 aliphatic rings. The minimum absolute atomic E-state index is 0.220. The van der Waals surface area contributed by atoms with Gasteiger partial charge in [-0.25, -0.2) is 0 Å². The first kappa shape index (κ1) is 14.6. The second-order valence-corrected chi connectivity index (χ2v) is 7.86. The number of anilines is 1. The van der Waals surface area contributed by atoms with Crippen molar-refractivity contribution in [1.82, 2.24) is 0 Å². The van der Waals surface area contributed by atoms with Crippen molar-refractivity contribution in [3.05, 3.63) is 58.6 Å². The third-order valence-corrected chi connectivity index (χ3v) is 5.82. The van der Waals surface area contributed by atoms with E-state index in [-0.39, 0.29) is 4.90 Å². The van der Waals surface area contributed by atoms with E-state index in [1.807, 2.05) is 24.3 Å². The average molecular weight is 383 g/mol. The lowest BCUT2D eigenvalue weighted by Crippen LogP contribution is -2.18. The topological polar surface area (TPSA) is 58.5 Å². The Labute approximate surface area is 135 Å². The molecule has 0 saturated carbocycles. The van der Waals surface area contributed by atoms with Gasteiger partial charge in [-0.2, -0.15) is 8.42 Å². The highest BCUT2D eigenvalue weighted by Crippen LogP contribution is 2.29. The molecule has 0 spiro atoms. The van der Waals surface area contributed by atoms with Crippen molar-refractivity contribution >= 4 is 48.6 Å². The Morgan fingerprint density at radius 1 is 1.10 bits per heavy atom. The van der Waals surface area contributed by atoms with Gasteiger partial charge in [-0.15, -0.1) is 4.40 Å². The van der Waals surface area contributed by atoms with Crippen molar-refractivity contribution in [2.45, 2.75) is 10.6 Å². The van der Waals surface area contributed by atoms with Gasteiger partial charge in [0.2, 0.25) is 0 Å². The first-order valence-corrected chi connectivity index (χ1v) is 9.35. The van der Waals surface area contributed by atoms with E-state index in [1.165, 1.54) is 11.8 Å². The van der Waals surface area contributed by atoms with Crippen molar-refractivity contribution < 1.29 is 8.42 Å². The van der Waals surface area contributed by atoms with E-state index in [4.69, 9.17) is 0 Å². The fraction of sp³-hybridized carbons (Fsp3) is 0.0714. The Hall–Kier alpha value is -1.31. The van der Waals surface area contributed by atoms with Gasteiger partial charge in [0.15, 0.2) is 5.17 Å². The molecule has 0 aromatic heterocycles. The van der Waals surface area contributed by atoms with Crippen molar-refractivity contribution in [1.29, 1.82) is 0 Å². The van der Waals surface area contributed by atoms with Crippen LogP contribution in [0.2, 0.25) is 0 Å². The molecule has 0 atom stereocenters. The SMILES string of the molecule is O=S1(=O)N=C(SCc2ccc(Br)cc2)Nc2ccccc21. The number of hydrogen-bond acceptors (Lipinski definition) is 4. The van der Waals surface area contributed by atoms with Gasteiger partial charge >= 0.3 is 0 Å². The summed E-state index contributed by atoms with van der Waals surface area (Å²) in [6.45, 7) is 0. The van der Waals surface area contributed by atoms with Crippen LogP contribution in [0.15, 0.2) is 62.3 Å². The van der Waals surface area contributed by atoms with Crippen LogP contribution in [-0.4, -0.2) is 13.6 Å². The first-order valence-electron chi connectivity index (χ1n) is 6.13. The number of nitrogens with one attached hydrogen (secondary N) is 1. The van der Waals surface area contributed by atoms with Crippen LogP contribution < -0.4 is 5.32 Å². The van der Waals surface area contributed by atoms with Crippen molar-refractivity contribution in [3.8, 4) is 0 Å². The number of para-hydroxylation sites is 1. The van der Waals surface area contributed by atoms with Crippen LogP contribution >= 0.6 is 27.7 Å². The zero-order chi connectivity index (χ0) is 14.9. The number of hydrogen-bond donors (Lipinski definition) is 1. The fourth-order valence-corrected chi connectivity index (χ4v) is 4.34. The third kappa shape index (κ3) is 3.30. The second kappa shape index (κ2) is 5.82. The van der Waals surface area contributed by atoms with Gasteiger partial charge in [0.05, 0.1) is 5.69 Å². The lowest BCUT2D eigenvalue weighted by Gasteiger charge is -2.17. The minimum atomic E-state index is -3.61. The monoisotopic (exact) mass is 382 g/mol. The summed E-state index contributed by atoms with van der Waals surface area (Å²) >= 11 is 4.75. The Balaban J connectivity index is 1.79. The minimum Gasteiger partial charge on any atom is -0.333 e. The zero-order valence-corrected chi connectivity index (χ0v) is 14.0. The van der Waals surface area contributed by atoms with Gasteiger partial charge in [-0.3, -0.25) is 0 Å². The number of fused-ring (bicyclic) bond motifs is 1. The highest BCUT2D eigenvalue weighted by molar-refractivity contribution is 9.10. The van der Waals surface area contributed by atoms with E-state index < -0.39 is 10.0 Å². The summed E-state index contributed by atoms with van der Waals surface area (Å²) in [5.41, 5.74) is 1.68. The molecule has 0 amide bonds. The Morgan fingerprint density at radius 2 is 1.81 bits per heavy atom. The molecular formula is C14H11BrN2O2S2. The Kier molecular flexibility index (Phi) is 4.05. The standard InChI is InChI=1S/C14H11BrN2O2S2/c15-11-7-5-10(6-8-11)9-20-14-16-12-3-1-2-4-13(12)21(18,19)17-14/h1-8H,9H2,(H,16,17). The molecule has 4 nitrogen and oxygen atoms in total. The molecule has 108 valence electrons. The number of sulfonamides is 1. The molecule has 1 N–H and O–H groups in total. The predicted molar refractivity (Wildman–Crippen MR) is 90.1 cm³/mol. The lowest BCUT2D eigenvalue weighted by atomic mass is 10.2. The summed E-state index contributed by atoms with van der Waals surface area (Å²) in [6, 6.07) is 14.7. The van der Waals surface area contributed by atoms with Crippen molar-refractivity contribution in [3.63, 3.8) is 0 Å².